The molecule has 0 atom stereocenters. The molecule has 0 aliphatic rings. The second-order valence-electron chi connectivity index (χ2n) is 4.30. The van der Waals surface area contributed by atoms with E-state index >= 15 is 0 Å². The summed E-state index contributed by atoms with van der Waals surface area (Å²) < 4.78 is 12.9. The lowest BCUT2D eigenvalue weighted by atomic mass is 10.1. The molecule has 6 nitrogen and oxygen atoms in total. The molecule has 0 radical (unpaired) electrons. The van der Waals surface area contributed by atoms with Crippen molar-refractivity contribution in [1.29, 1.82) is 0 Å². The molecule has 3 aromatic rings. The molecule has 21 heavy (non-hydrogen) atoms. The molecule has 2 heterocycles. The molecular formula is C15H13N3O3. The van der Waals surface area contributed by atoms with Gasteiger partial charge in [0.05, 0.1) is 12.2 Å². The minimum atomic E-state index is 0.280. The second kappa shape index (κ2) is 5.62. The molecule has 1 aromatic carbocycles. The average molecular weight is 283 g/mol. The predicted molar refractivity (Wildman–Crippen MR) is 75.6 cm³/mol. The third kappa shape index (κ3) is 2.55. The lowest BCUT2D eigenvalue weighted by Crippen LogP contribution is -1.96. The minimum absolute atomic E-state index is 0.280. The summed E-state index contributed by atoms with van der Waals surface area (Å²) in [6, 6.07) is 9.04. The number of hydrogen-bond acceptors (Lipinski definition) is 5. The summed E-state index contributed by atoms with van der Waals surface area (Å²) in [5.74, 6) is 1.55. The third-order valence-electron chi connectivity index (χ3n) is 2.99. The highest BCUT2D eigenvalue weighted by Gasteiger charge is 2.12. The zero-order valence-electron chi connectivity index (χ0n) is 11.4. The van der Waals surface area contributed by atoms with Crippen molar-refractivity contribution in [2.45, 2.75) is 6.92 Å². The van der Waals surface area contributed by atoms with Crippen molar-refractivity contribution in [2.24, 2.45) is 0 Å². The number of furan rings is 1. The maximum absolute atomic E-state index is 10.8. The molecule has 0 spiro atoms. The van der Waals surface area contributed by atoms with Crippen LogP contribution in [0.3, 0.4) is 0 Å². The van der Waals surface area contributed by atoms with Crippen molar-refractivity contribution in [3.63, 3.8) is 0 Å². The molecule has 2 aromatic heterocycles. The van der Waals surface area contributed by atoms with E-state index in [0.29, 0.717) is 24.4 Å². The van der Waals surface area contributed by atoms with Crippen LogP contribution >= 0.6 is 0 Å². The van der Waals surface area contributed by atoms with E-state index in [2.05, 4.69) is 10.2 Å². The number of aldehydes is 1. The lowest BCUT2D eigenvalue weighted by molar-refractivity contribution is 0.110. The average Bonchev–Trinajstić information content (AvgIpc) is 3.19. The van der Waals surface area contributed by atoms with Crippen LogP contribution in [0.5, 0.6) is 5.75 Å². The van der Waals surface area contributed by atoms with Crippen LogP contribution in [0.1, 0.15) is 17.5 Å². The van der Waals surface area contributed by atoms with Crippen LogP contribution < -0.4 is 4.74 Å². The van der Waals surface area contributed by atoms with Crippen molar-refractivity contribution in [3.8, 4) is 22.8 Å². The fraction of sp³-hybridized carbons (Fsp3) is 0.133. The van der Waals surface area contributed by atoms with E-state index in [0.717, 1.165) is 11.3 Å². The van der Waals surface area contributed by atoms with E-state index in [1.165, 1.54) is 0 Å². The maximum Gasteiger partial charge on any atom is 0.185 e. The first-order valence-electron chi connectivity index (χ1n) is 6.49. The number of nitrogens with zero attached hydrogens (tertiary/aromatic N) is 3. The Labute approximate surface area is 121 Å². The summed E-state index contributed by atoms with van der Waals surface area (Å²) in [5, 5.41) is 7.58. The van der Waals surface area contributed by atoms with Gasteiger partial charge in [0.25, 0.3) is 0 Å². The summed E-state index contributed by atoms with van der Waals surface area (Å²) in [5.41, 5.74) is 1.65. The van der Waals surface area contributed by atoms with Crippen LogP contribution in [0, 0.1) is 0 Å². The Kier molecular flexibility index (Phi) is 3.51. The largest absolute Gasteiger partial charge is 0.493 e. The third-order valence-corrected chi connectivity index (χ3v) is 2.99. The van der Waals surface area contributed by atoms with Gasteiger partial charge in [0.1, 0.15) is 24.2 Å². The summed E-state index contributed by atoms with van der Waals surface area (Å²) in [6.45, 7) is 2.46. The van der Waals surface area contributed by atoms with Crippen LogP contribution in [0.15, 0.2) is 47.4 Å². The monoisotopic (exact) mass is 283 g/mol. The van der Waals surface area contributed by atoms with Gasteiger partial charge < -0.3 is 9.15 Å². The highest BCUT2D eigenvalue weighted by atomic mass is 16.5. The first kappa shape index (κ1) is 13.1. The van der Waals surface area contributed by atoms with Crippen LogP contribution in [-0.4, -0.2) is 27.7 Å². The van der Waals surface area contributed by atoms with E-state index in [4.69, 9.17) is 9.15 Å². The molecular weight excluding hydrogens is 270 g/mol. The summed E-state index contributed by atoms with van der Waals surface area (Å²) in [7, 11) is 0. The van der Waals surface area contributed by atoms with Gasteiger partial charge in [-0.1, -0.05) is 0 Å². The maximum atomic E-state index is 10.8. The molecule has 106 valence electrons. The Bertz CT molecular complexity index is 747. The molecule has 0 aliphatic heterocycles. The van der Waals surface area contributed by atoms with Gasteiger partial charge in [-0.2, -0.15) is 0 Å². The Morgan fingerprint density at radius 1 is 1.24 bits per heavy atom. The van der Waals surface area contributed by atoms with Gasteiger partial charge in [-0.25, -0.2) is 0 Å². The standard InChI is InChI=1S/C15H13N3O3/c1-2-20-14-5-3-11(18-9-16-17-10-18)7-13(14)15-6-4-12(8-19)21-15/h3-10H,2H2,1H3. The van der Waals surface area contributed by atoms with E-state index in [9.17, 15) is 4.79 Å². The van der Waals surface area contributed by atoms with Crippen molar-refractivity contribution in [3.05, 3.63) is 48.7 Å². The molecule has 0 bridgehead atoms. The van der Waals surface area contributed by atoms with Crippen LogP contribution in [-0.2, 0) is 0 Å². The zero-order valence-corrected chi connectivity index (χ0v) is 11.4. The fourth-order valence-electron chi connectivity index (χ4n) is 2.05. The number of hydrogen-bond donors (Lipinski definition) is 0. The molecule has 0 unspecified atom stereocenters. The van der Waals surface area contributed by atoms with Gasteiger partial charge in [0, 0.05) is 5.69 Å². The molecule has 0 saturated heterocycles. The van der Waals surface area contributed by atoms with Crippen LogP contribution in [0.4, 0.5) is 0 Å². The Morgan fingerprint density at radius 2 is 2.05 bits per heavy atom. The first-order valence-corrected chi connectivity index (χ1v) is 6.49. The number of carbonyl (C=O) groups excluding carboxylic acids is 1. The SMILES string of the molecule is CCOc1ccc(-n2cnnc2)cc1-c1ccc(C=O)o1. The van der Waals surface area contributed by atoms with Crippen LogP contribution in [0.2, 0.25) is 0 Å². The molecule has 0 aliphatic carbocycles. The van der Waals surface area contributed by atoms with Crippen molar-refractivity contribution >= 4 is 6.29 Å². The fourth-order valence-corrected chi connectivity index (χ4v) is 2.05. The smallest absolute Gasteiger partial charge is 0.185 e. The topological polar surface area (TPSA) is 70.2 Å². The Hall–Kier alpha value is -2.89. The van der Waals surface area contributed by atoms with Gasteiger partial charge >= 0.3 is 0 Å². The molecule has 3 rings (SSSR count). The Morgan fingerprint density at radius 3 is 2.71 bits per heavy atom. The minimum Gasteiger partial charge on any atom is -0.493 e. The predicted octanol–water partition coefficient (Wildman–Crippen LogP) is 2.74. The normalized spacial score (nSPS) is 10.5. The van der Waals surface area contributed by atoms with E-state index in [-0.39, 0.29) is 5.76 Å². The molecule has 6 heteroatoms. The quantitative estimate of drug-likeness (QED) is 0.673. The molecule has 0 saturated carbocycles. The summed E-state index contributed by atoms with van der Waals surface area (Å²) >= 11 is 0. The highest BCUT2D eigenvalue weighted by Crippen LogP contribution is 2.33. The van der Waals surface area contributed by atoms with Crippen LogP contribution in [0.25, 0.3) is 17.0 Å². The van der Waals surface area contributed by atoms with E-state index in [1.54, 1.807) is 29.4 Å². The first-order chi connectivity index (χ1) is 10.3. The Balaban J connectivity index is 2.10. The lowest BCUT2D eigenvalue weighted by Gasteiger charge is -2.10. The summed E-state index contributed by atoms with van der Waals surface area (Å²) in [6.07, 6.45) is 3.89. The zero-order chi connectivity index (χ0) is 14.7. The van der Waals surface area contributed by atoms with Gasteiger partial charge in [-0.05, 0) is 37.3 Å². The van der Waals surface area contributed by atoms with Gasteiger partial charge in [-0.3, -0.25) is 9.36 Å². The van der Waals surface area contributed by atoms with Gasteiger partial charge in [0.2, 0.25) is 0 Å². The number of aromatic nitrogens is 3. The van der Waals surface area contributed by atoms with E-state index in [1.807, 2.05) is 25.1 Å². The highest BCUT2D eigenvalue weighted by molar-refractivity contribution is 5.75. The van der Waals surface area contributed by atoms with Gasteiger partial charge in [-0.15, -0.1) is 10.2 Å². The van der Waals surface area contributed by atoms with Crippen molar-refractivity contribution < 1.29 is 13.9 Å². The number of benzene rings is 1. The van der Waals surface area contributed by atoms with E-state index < -0.39 is 0 Å². The molecule has 0 amide bonds. The van der Waals surface area contributed by atoms with Crippen molar-refractivity contribution in [2.75, 3.05) is 6.61 Å². The van der Waals surface area contributed by atoms with Crippen molar-refractivity contribution in [1.82, 2.24) is 14.8 Å². The number of rotatable bonds is 5. The van der Waals surface area contributed by atoms with Gasteiger partial charge in [0.15, 0.2) is 12.0 Å². The summed E-state index contributed by atoms with van der Waals surface area (Å²) in [4.78, 5) is 10.8. The second-order valence-corrected chi connectivity index (χ2v) is 4.30. The molecule has 0 N–H and O–H groups in total. The number of carbonyl (C=O) groups is 1. The number of ether oxygens (including phenoxy) is 1. The molecule has 0 fully saturated rings.